The molecule has 20 heavy (non-hydrogen) atoms. The molecule has 0 aliphatic carbocycles. The summed E-state index contributed by atoms with van der Waals surface area (Å²) in [6, 6.07) is 10.3. The molecule has 2 aromatic rings. The lowest BCUT2D eigenvalue weighted by atomic mass is 10.1. The van der Waals surface area contributed by atoms with E-state index in [1.165, 1.54) is 5.56 Å². The van der Waals surface area contributed by atoms with Crippen LogP contribution in [0.2, 0.25) is 0 Å². The van der Waals surface area contributed by atoms with Crippen LogP contribution in [0, 0.1) is 6.92 Å². The molecule has 3 nitrogen and oxygen atoms in total. The van der Waals surface area contributed by atoms with Gasteiger partial charge in [-0.1, -0.05) is 13.0 Å². The molecule has 0 amide bonds. The lowest BCUT2D eigenvalue weighted by Gasteiger charge is -2.22. The van der Waals surface area contributed by atoms with Crippen molar-refractivity contribution in [1.82, 2.24) is 4.98 Å². The highest BCUT2D eigenvalue weighted by atomic mass is 79.9. The molecule has 106 valence electrons. The van der Waals surface area contributed by atoms with Crippen LogP contribution in [0.5, 0.6) is 5.75 Å². The number of pyridine rings is 1. The van der Waals surface area contributed by atoms with Gasteiger partial charge < -0.3 is 9.64 Å². The first-order valence-corrected chi connectivity index (χ1v) is 7.40. The minimum absolute atomic E-state index is 0.854. The van der Waals surface area contributed by atoms with E-state index in [2.05, 4.69) is 44.9 Å². The number of hydrogen-bond donors (Lipinski definition) is 0. The predicted molar refractivity (Wildman–Crippen MR) is 87.1 cm³/mol. The maximum atomic E-state index is 5.46. The number of ether oxygens (including phenoxy) is 1. The van der Waals surface area contributed by atoms with Crippen molar-refractivity contribution in [2.45, 2.75) is 20.3 Å². The summed E-state index contributed by atoms with van der Waals surface area (Å²) in [5, 5.41) is 0. The molecule has 0 unspecified atom stereocenters. The average molecular weight is 335 g/mol. The van der Waals surface area contributed by atoms with Gasteiger partial charge in [-0.25, -0.2) is 4.98 Å². The van der Waals surface area contributed by atoms with Crippen molar-refractivity contribution in [3.8, 4) is 5.75 Å². The van der Waals surface area contributed by atoms with Gasteiger partial charge in [0.2, 0.25) is 0 Å². The Morgan fingerprint density at radius 2 is 2.00 bits per heavy atom. The molecule has 1 aromatic heterocycles. The zero-order valence-electron chi connectivity index (χ0n) is 12.3. The molecule has 0 aliphatic heterocycles. The van der Waals surface area contributed by atoms with Crippen LogP contribution >= 0.6 is 15.9 Å². The van der Waals surface area contributed by atoms with Gasteiger partial charge in [-0.15, -0.1) is 0 Å². The van der Waals surface area contributed by atoms with Gasteiger partial charge in [0, 0.05) is 11.5 Å². The number of hydrogen-bond acceptors (Lipinski definition) is 3. The monoisotopic (exact) mass is 334 g/mol. The smallest absolute Gasteiger partial charge is 0.142 e. The fourth-order valence-electron chi connectivity index (χ4n) is 2.06. The Labute approximate surface area is 128 Å². The van der Waals surface area contributed by atoms with Crippen molar-refractivity contribution in [2.24, 2.45) is 0 Å². The first-order valence-electron chi connectivity index (χ1n) is 6.60. The fraction of sp³-hybridized carbons (Fsp3) is 0.312. The molecular weight excluding hydrogens is 316 g/mol. The van der Waals surface area contributed by atoms with Gasteiger partial charge in [0.1, 0.15) is 11.6 Å². The Kier molecular flexibility index (Phi) is 4.65. The zero-order chi connectivity index (χ0) is 14.7. The molecule has 1 heterocycles. The van der Waals surface area contributed by atoms with E-state index in [-0.39, 0.29) is 0 Å². The molecular formula is C16H19BrN2O. The SMILES string of the molecule is CCc1ccc(OC)c(N(C)c2ccc(Br)c(C)n2)c1. The van der Waals surface area contributed by atoms with Crippen molar-refractivity contribution >= 4 is 27.4 Å². The van der Waals surface area contributed by atoms with E-state index < -0.39 is 0 Å². The number of nitrogens with zero attached hydrogens (tertiary/aromatic N) is 2. The van der Waals surface area contributed by atoms with Crippen LogP contribution in [-0.4, -0.2) is 19.1 Å². The molecule has 1 aromatic carbocycles. The number of halogens is 1. The van der Waals surface area contributed by atoms with Crippen LogP contribution in [0.3, 0.4) is 0 Å². The molecule has 0 saturated carbocycles. The van der Waals surface area contributed by atoms with Crippen molar-refractivity contribution in [3.05, 3.63) is 46.1 Å². The van der Waals surface area contributed by atoms with Crippen molar-refractivity contribution in [1.29, 1.82) is 0 Å². The standard InChI is InChI=1S/C16H19BrN2O/c1-5-12-6-8-15(20-4)14(10-12)19(3)16-9-7-13(17)11(2)18-16/h6-10H,5H2,1-4H3. The quantitative estimate of drug-likeness (QED) is 0.823. The summed E-state index contributed by atoms with van der Waals surface area (Å²) in [5.74, 6) is 1.75. The largest absolute Gasteiger partial charge is 0.495 e. The van der Waals surface area contributed by atoms with E-state index in [1.54, 1.807) is 7.11 Å². The highest BCUT2D eigenvalue weighted by Gasteiger charge is 2.12. The van der Waals surface area contributed by atoms with E-state index >= 15 is 0 Å². The van der Waals surface area contributed by atoms with Gasteiger partial charge in [0.05, 0.1) is 18.5 Å². The van der Waals surface area contributed by atoms with Crippen molar-refractivity contribution in [3.63, 3.8) is 0 Å². The number of aryl methyl sites for hydroxylation is 2. The summed E-state index contributed by atoms with van der Waals surface area (Å²) < 4.78 is 6.48. The van der Waals surface area contributed by atoms with Gasteiger partial charge in [-0.3, -0.25) is 0 Å². The van der Waals surface area contributed by atoms with E-state index in [0.717, 1.165) is 33.8 Å². The Bertz CT molecular complexity index is 613. The van der Waals surface area contributed by atoms with Crippen molar-refractivity contribution in [2.75, 3.05) is 19.1 Å². The summed E-state index contributed by atoms with van der Waals surface area (Å²) in [5.41, 5.74) is 3.28. The number of anilines is 2. The maximum absolute atomic E-state index is 5.46. The predicted octanol–water partition coefficient (Wildman–Crippen LogP) is 4.49. The average Bonchev–Trinajstić information content (AvgIpc) is 2.48. The highest BCUT2D eigenvalue weighted by Crippen LogP contribution is 2.33. The second kappa shape index (κ2) is 6.27. The Hall–Kier alpha value is -1.55. The van der Waals surface area contributed by atoms with Crippen LogP contribution in [0.4, 0.5) is 11.5 Å². The Balaban J connectivity index is 2.45. The third kappa shape index (κ3) is 2.96. The summed E-state index contributed by atoms with van der Waals surface area (Å²) in [6.45, 7) is 4.13. The lowest BCUT2D eigenvalue weighted by Crippen LogP contribution is -2.13. The summed E-state index contributed by atoms with van der Waals surface area (Å²) in [7, 11) is 3.70. The number of benzene rings is 1. The molecule has 0 radical (unpaired) electrons. The molecule has 2 rings (SSSR count). The molecule has 0 fully saturated rings. The molecule has 0 bridgehead atoms. The topological polar surface area (TPSA) is 25.4 Å². The first kappa shape index (κ1) is 14.9. The van der Waals surface area contributed by atoms with Gasteiger partial charge >= 0.3 is 0 Å². The van der Waals surface area contributed by atoms with E-state index in [4.69, 9.17) is 4.74 Å². The summed E-state index contributed by atoms with van der Waals surface area (Å²) in [6.07, 6.45) is 0.998. The van der Waals surface area contributed by atoms with Gasteiger partial charge in [-0.2, -0.15) is 0 Å². The van der Waals surface area contributed by atoms with Crippen LogP contribution in [-0.2, 0) is 6.42 Å². The second-order valence-electron chi connectivity index (χ2n) is 4.66. The van der Waals surface area contributed by atoms with Crippen LogP contribution in [0.15, 0.2) is 34.8 Å². The fourth-order valence-corrected chi connectivity index (χ4v) is 2.28. The number of methoxy groups -OCH3 is 1. The van der Waals surface area contributed by atoms with Crippen LogP contribution in [0.1, 0.15) is 18.2 Å². The van der Waals surface area contributed by atoms with Gasteiger partial charge in [0.15, 0.2) is 0 Å². The number of aromatic nitrogens is 1. The Morgan fingerprint density at radius 1 is 1.25 bits per heavy atom. The van der Waals surface area contributed by atoms with Gasteiger partial charge in [0.25, 0.3) is 0 Å². The van der Waals surface area contributed by atoms with E-state index in [1.807, 2.05) is 32.2 Å². The van der Waals surface area contributed by atoms with Gasteiger partial charge in [-0.05, 0) is 59.1 Å². The maximum Gasteiger partial charge on any atom is 0.142 e. The zero-order valence-corrected chi connectivity index (χ0v) is 13.9. The van der Waals surface area contributed by atoms with Crippen LogP contribution in [0.25, 0.3) is 0 Å². The summed E-state index contributed by atoms with van der Waals surface area (Å²) in [4.78, 5) is 6.66. The number of rotatable bonds is 4. The normalized spacial score (nSPS) is 10.4. The molecule has 0 spiro atoms. The highest BCUT2D eigenvalue weighted by molar-refractivity contribution is 9.10. The minimum atomic E-state index is 0.854. The Morgan fingerprint density at radius 3 is 2.60 bits per heavy atom. The second-order valence-corrected chi connectivity index (χ2v) is 5.51. The molecule has 0 N–H and O–H groups in total. The summed E-state index contributed by atoms with van der Waals surface area (Å²) >= 11 is 3.48. The van der Waals surface area contributed by atoms with Crippen LogP contribution < -0.4 is 9.64 Å². The molecule has 0 atom stereocenters. The first-order chi connectivity index (χ1) is 9.56. The molecule has 0 saturated heterocycles. The van der Waals surface area contributed by atoms with Crippen molar-refractivity contribution < 1.29 is 4.74 Å². The lowest BCUT2D eigenvalue weighted by molar-refractivity contribution is 0.415. The van der Waals surface area contributed by atoms with E-state index in [0.29, 0.717) is 0 Å². The molecule has 0 aliphatic rings. The minimum Gasteiger partial charge on any atom is -0.495 e. The third-order valence-corrected chi connectivity index (χ3v) is 4.20. The third-order valence-electron chi connectivity index (χ3n) is 3.36. The molecule has 4 heteroatoms. The van der Waals surface area contributed by atoms with E-state index in [9.17, 15) is 0 Å².